The van der Waals surface area contributed by atoms with Crippen LogP contribution in [0.25, 0.3) is 0 Å². The average Bonchev–Trinajstić information content (AvgIpc) is 2.51. The van der Waals surface area contributed by atoms with E-state index in [1.165, 1.54) is 33.4 Å². The van der Waals surface area contributed by atoms with Crippen LogP contribution in [-0.2, 0) is 10.0 Å². The lowest BCUT2D eigenvalue weighted by molar-refractivity contribution is 0.0943. The first-order valence-corrected chi connectivity index (χ1v) is 8.82. The molecule has 0 aliphatic heterocycles. The fraction of sp³-hybridized carbons (Fsp3) is 0.533. The summed E-state index contributed by atoms with van der Waals surface area (Å²) in [5, 5.41) is 2.76. The van der Waals surface area contributed by atoms with Crippen molar-refractivity contribution in [2.75, 3.05) is 31.3 Å². The van der Waals surface area contributed by atoms with Crippen LogP contribution in [0, 0.1) is 0 Å². The van der Waals surface area contributed by atoms with Crippen molar-refractivity contribution in [2.45, 2.75) is 26.8 Å². The Bertz CT molecular complexity index is 671. The Labute approximate surface area is 137 Å². The maximum Gasteiger partial charge on any atom is 0.253 e. The molecule has 1 N–H and O–H groups in total. The highest BCUT2D eigenvalue weighted by Crippen LogP contribution is 2.35. The Balaban J connectivity index is 3.54. The highest BCUT2D eigenvalue weighted by Gasteiger charge is 2.25. The molecule has 0 aliphatic rings. The van der Waals surface area contributed by atoms with Gasteiger partial charge in [0, 0.05) is 19.2 Å². The Morgan fingerprint density at radius 2 is 1.74 bits per heavy atom. The van der Waals surface area contributed by atoms with Crippen LogP contribution in [0.2, 0.25) is 0 Å². The zero-order valence-corrected chi connectivity index (χ0v) is 15.2. The zero-order chi connectivity index (χ0) is 17.8. The Kier molecular flexibility index (Phi) is 6.26. The minimum Gasteiger partial charge on any atom is -0.493 e. The van der Waals surface area contributed by atoms with Gasteiger partial charge < -0.3 is 14.8 Å². The molecule has 0 bridgehead atoms. The van der Waals surface area contributed by atoms with Crippen molar-refractivity contribution in [3.63, 3.8) is 0 Å². The minimum absolute atomic E-state index is 0.0803. The van der Waals surface area contributed by atoms with Crippen molar-refractivity contribution >= 4 is 21.6 Å². The van der Waals surface area contributed by atoms with Gasteiger partial charge in [0.25, 0.3) is 5.91 Å². The van der Waals surface area contributed by atoms with Crippen molar-refractivity contribution in [1.82, 2.24) is 5.32 Å². The van der Waals surface area contributed by atoms with Gasteiger partial charge in [0.15, 0.2) is 11.5 Å². The molecule has 1 aromatic rings. The van der Waals surface area contributed by atoms with Gasteiger partial charge in [-0.3, -0.25) is 9.10 Å². The molecule has 0 aromatic heterocycles. The van der Waals surface area contributed by atoms with Gasteiger partial charge in [0.05, 0.1) is 31.2 Å². The second-order valence-corrected chi connectivity index (χ2v) is 7.51. The first kappa shape index (κ1) is 19.1. The van der Waals surface area contributed by atoms with E-state index >= 15 is 0 Å². The number of nitrogens with zero attached hydrogens (tertiary/aromatic N) is 1. The van der Waals surface area contributed by atoms with E-state index < -0.39 is 10.0 Å². The monoisotopic (exact) mass is 344 g/mol. The predicted molar refractivity (Wildman–Crippen MR) is 90.0 cm³/mol. The third kappa shape index (κ3) is 4.28. The normalized spacial score (nSPS) is 11.3. The summed E-state index contributed by atoms with van der Waals surface area (Å²) >= 11 is 0. The van der Waals surface area contributed by atoms with Gasteiger partial charge in [0.2, 0.25) is 10.0 Å². The zero-order valence-electron chi connectivity index (χ0n) is 14.3. The number of hydrogen-bond donors (Lipinski definition) is 1. The van der Waals surface area contributed by atoms with Crippen LogP contribution in [0.3, 0.4) is 0 Å². The van der Waals surface area contributed by atoms with Crippen LogP contribution >= 0.6 is 0 Å². The SMILES string of the molecule is CCS(=O)(=O)N(C)c1cc(OC)c(OC)cc1C(=O)NC(C)C. The van der Waals surface area contributed by atoms with E-state index in [2.05, 4.69) is 5.32 Å². The molecule has 8 heteroatoms. The summed E-state index contributed by atoms with van der Waals surface area (Å²) in [7, 11) is 0.786. The van der Waals surface area contributed by atoms with Crippen LogP contribution in [0.5, 0.6) is 11.5 Å². The quantitative estimate of drug-likeness (QED) is 0.812. The summed E-state index contributed by atoms with van der Waals surface area (Å²) in [6.45, 7) is 5.19. The molecule has 1 amide bonds. The van der Waals surface area contributed by atoms with Crippen LogP contribution in [0.1, 0.15) is 31.1 Å². The minimum atomic E-state index is -3.52. The molecule has 1 aromatic carbocycles. The van der Waals surface area contributed by atoms with E-state index in [1.54, 1.807) is 6.92 Å². The van der Waals surface area contributed by atoms with E-state index in [0.717, 1.165) is 4.31 Å². The number of carbonyl (C=O) groups is 1. The van der Waals surface area contributed by atoms with Crippen molar-refractivity contribution in [2.24, 2.45) is 0 Å². The van der Waals surface area contributed by atoms with Crippen molar-refractivity contribution in [3.05, 3.63) is 17.7 Å². The van der Waals surface area contributed by atoms with Crippen LogP contribution in [0.4, 0.5) is 5.69 Å². The molecule has 0 saturated heterocycles. The van der Waals surface area contributed by atoms with Gasteiger partial charge in [-0.05, 0) is 26.8 Å². The van der Waals surface area contributed by atoms with Crippen LogP contribution in [0.15, 0.2) is 12.1 Å². The molecular weight excluding hydrogens is 320 g/mol. The topological polar surface area (TPSA) is 84.9 Å². The van der Waals surface area contributed by atoms with Crippen molar-refractivity contribution in [1.29, 1.82) is 0 Å². The standard InChI is InChI=1S/C15H24N2O5S/c1-7-23(19,20)17(4)12-9-14(22-6)13(21-5)8-11(12)15(18)16-10(2)3/h8-10H,7H2,1-6H3,(H,16,18). The summed E-state index contributed by atoms with van der Waals surface area (Å²) in [5.74, 6) is 0.242. The molecule has 0 saturated carbocycles. The van der Waals surface area contributed by atoms with E-state index in [1.807, 2.05) is 13.8 Å². The molecule has 1 rings (SSSR count). The van der Waals surface area contributed by atoms with Crippen LogP contribution in [-0.4, -0.2) is 47.4 Å². The summed E-state index contributed by atoms with van der Waals surface area (Å²) in [6.07, 6.45) is 0. The highest BCUT2D eigenvalue weighted by molar-refractivity contribution is 7.92. The maximum absolute atomic E-state index is 12.4. The molecule has 0 radical (unpaired) electrons. The van der Waals surface area contributed by atoms with E-state index in [0.29, 0.717) is 11.5 Å². The van der Waals surface area contributed by atoms with Gasteiger partial charge in [-0.15, -0.1) is 0 Å². The number of anilines is 1. The number of nitrogens with one attached hydrogen (secondary N) is 1. The molecule has 0 fully saturated rings. The lowest BCUT2D eigenvalue weighted by atomic mass is 10.1. The number of rotatable bonds is 7. The average molecular weight is 344 g/mol. The smallest absolute Gasteiger partial charge is 0.253 e. The Morgan fingerprint density at radius 3 is 2.17 bits per heavy atom. The maximum atomic E-state index is 12.4. The number of benzene rings is 1. The number of hydrogen-bond acceptors (Lipinski definition) is 5. The van der Waals surface area contributed by atoms with Gasteiger partial charge >= 0.3 is 0 Å². The Hall–Kier alpha value is -1.96. The summed E-state index contributed by atoms with van der Waals surface area (Å²) in [5.41, 5.74) is 0.443. The first-order valence-electron chi connectivity index (χ1n) is 7.21. The number of carbonyl (C=O) groups excluding carboxylic acids is 1. The van der Waals surface area contributed by atoms with E-state index in [-0.39, 0.29) is 29.0 Å². The fourth-order valence-electron chi connectivity index (χ4n) is 1.99. The molecule has 130 valence electrons. The van der Waals surface area contributed by atoms with Gasteiger partial charge in [0.1, 0.15) is 0 Å². The lowest BCUT2D eigenvalue weighted by Gasteiger charge is -2.23. The summed E-state index contributed by atoms with van der Waals surface area (Å²) in [4.78, 5) is 12.4. The second kappa shape index (κ2) is 7.54. The predicted octanol–water partition coefficient (Wildman–Crippen LogP) is 1.63. The Morgan fingerprint density at radius 1 is 1.22 bits per heavy atom. The summed E-state index contributed by atoms with van der Waals surface area (Å²) in [6, 6.07) is 2.88. The molecule has 0 aliphatic carbocycles. The molecule has 0 heterocycles. The first-order chi connectivity index (χ1) is 10.7. The third-order valence-electron chi connectivity index (χ3n) is 3.29. The molecule has 0 spiro atoms. The number of sulfonamides is 1. The number of methoxy groups -OCH3 is 2. The molecule has 0 unspecified atom stereocenters. The van der Waals surface area contributed by atoms with Crippen molar-refractivity contribution < 1.29 is 22.7 Å². The van der Waals surface area contributed by atoms with E-state index in [9.17, 15) is 13.2 Å². The van der Waals surface area contributed by atoms with Crippen molar-refractivity contribution in [3.8, 4) is 11.5 Å². The van der Waals surface area contributed by atoms with Gasteiger partial charge in [-0.25, -0.2) is 8.42 Å². The highest BCUT2D eigenvalue weighted by atomic mass is 32.2. The largest absolute Gasteiger partial charge is 0.493 e. The molecule has 23 heavy (non-hydrogen) atoms. The van der Waals surface area contributed by atoms with E-state index in [4.69, 9.17) is 9.47 Å². The van der Waals surface area contributed by atoms with Gasteiger partial charge in [-0.2, -0.15) is 0 Å². The third-order valence-corrected chi connectivity index (χ3v) is 5.05. The molecule has 0 atom stereocenters. The molecular formula is C15H24N2O5S. The fourth-order valence-corrected chi connectivity index (χ4v) is 2.83. The van der Waals surface area contributed by atoms with Crippen LogP contribution < -0.4 is 19.1 Å². The molecule has 7 nitrogen and oxygen atoms in total. The number of ether oxygens (including phenoxy) is 2. The lowest BCUT2D eigenvalue weighted by Crippen LogP contribution is -2.34. The second-order valence-electron chi connectivity index (χ2n) is 5.22. The summed E-state index contributed by atoms with van der Waals surface area (Å²) < 4.78 is 35.9. The number of amides is 1. The van der Waals surface area contributed by atoms with Gasteiger partial charge in [-0.1, -0.05) is 0 Å².